The summed E-state index contributed by atoms with van der Waals surface area (Å²) in [4.78, 5) is 0. The van der Waals surface area contributed by atoms with Crippen molar-refractivity contribution in [1.29, 1.82) is 0 Å². The zero-order valence-corrected chi connectivity index (χ0v) is 13.4. The Morgan fingerprint density at radius 1 is 0.783 bits per heavy atom. The minimum absolute atomic E-state index is 0.427. The van der Waals surface area contributed by atoms with Crippen LogP contribution in [0.2, 0.25) is 0 Å². The van der Waals surface area contributed by atoms with Gasteiger partial charge in [0.05, 0.1) is 0 Å². The molecule has 0 heteroatoms. The molecular weight excluding hydrogens is 276 g/mol. The molecule has 0 N–H and O–H groups in total. The first-order valence-electron chi connectivity index (χ1n) is 8.50. The molecule has 0 fully saturated rings. The molecule has 0 spiro atoms. The highest BCUT2D eigenvalue weighted by Gasteiger charge is 2.40. The number of benzene rings is 3. The molecule has 0 nitrogen and oxygen atoms in total. The highest BCUT2D eigenvalue weighted by molar-refractivity contribution is 5.50. The van der Waals surface area contributed by atoms with E-state index in [2.05, 4.69) is 91.9 Å². The lowest BCUT2D eigenvalue weighted by Crippen LogP contribution is -2.11. The first-order chi connectivity index (χ1) is 11.4. The Bertz CT molecular complexity index is 773. The fraction of sp³-hybridized carbons (Fsp3) is 0.217. The molecule has 23 heavy (non-hydrogen) atoms. The van der Waals surface area contributed by atoms with Gasteiger partial charge in [-0.2, -0.15) is 0 Å². The van der Waals surface area contributed by atoms with Crippen LogP contribution in [-0.2, 0) is 0 Å². The van der Waals surface area contributed by atoms with Crippen LogP contribution in [0.5, 0.6) is 0 Å². The van der Waals surface area contributed by atoms with E-state index in [1.807, 2.05) is 0 Å². The monoisotopic (exact) mass is 297 g/mol. The Morgan fingerprint density at radius 2 is 1.43 bits per heavy atom. The van der Waals surface area contributed by atoms with Crippen molar-refractivity contribution in [3.63, 3.8) is 0 Å². The molecule has 0 saturated carbocycles. The van der Waals surface area contributed by atoms with Gasteiger partial charge in [-0.3, -0.25) is 0 Å². The molecular formula is C23H21. The van der Waals surface area contributed by atoms with Gasteiger partial charge in [0.1, 0.15) is 0 Å². The van der Waals surface area contributed by atoms with Crippen LogP contribution >= 0.6 is 0 Å². The Morgan fingerprint density at radius 3 is 2.09 bits per heavy atom. The first-order valence-corrected chi connectivity index (χ1v) is 8.50. The summed E-state index contributed by atoms with van der Waals surface area (Å²) in [6, 6.07) is 31.8. The van der Waals surface area contributed by atoms with Crippen molar-refractivity contribution in [3.8, 4) is 0 Å². The van der Waals surface area contributed by atoms with Gasteiger partial charge in [0.15, 0.2) is 0 Å². The molecule has 113 valence electrons. The predicted molar refractivity (Wildman–Crippen MR) is 95.8 cm³/mol. The lowest BCUT2D eigenvalue weighted by molar-refractivity contribution is 0.527. The summed E-state index contributed by atoms with van der Waals surface area (Å²) >= 11 is 0. The highest BCUT2D eigenvalue weighted by atomic mass is 14.4. The molecule has 0 aliphatic heterocycles. The number of fused-ring (bicyclic) bond motifs is 1. The molecule has 3 aromatic rings. The maximum atomic E-state index is 3.31. The van der Waals surface area contributed by atoms with E-state index in [1.165, 1.54) is 28.7 Å². The van der Waals surface area contributed by atoms with E-state index in [4.69, 9.17) is 0 Å². The maximum absolute atomic E-state index is 3.31. The standard InChI is InChI=1S/C23H21/c1-2-19-20-15-9-10-16-21(20)23(18-13-7-4-8-14-18)22(19)17-11-5-3-6-12-17/h3-9,11-16,19,22-23H,2H2,1H3. The molecule has 4 rings (SSSR count). The van der Waals surface area contributed by atoms with Crippen LogP contribution in [0.15, 0.2) is 78.9 Å². The van der Waals surface area contributed by atoms with Crippen LogP contribution in [0.1, 0.15) is 53.4 Å². The lowest BCUT2D eigenvalue weighted by atomic mass is 9.77. The van der Waals surface area contributed by atoms with Crippen molar-refractivity contribution in [1.82, 2.24) is 0 Å². The van der Waals surface area contributed by atoms with Gasteiger partial charge in [-0.05, 0) is 40.7 Å². The smallest absolute Gasteiger partial charge is 0.0167 e. The fourth-order valence-electron chi connectivity index (χ4n) is 4.30. The molecule has 3 atom stereocenters. The van der Waals surface area contributed by atoms with Crippen LogP contribution in [-0.4, -0.2) is 0 Å². The Labute approximate surface area is 138 Å². The number of hydrogen-bond donors (Lipinski definition) is 0. The van der Waals surface area contributed by atoms with Crippen molar-refractivity contribution in [3.05, 3.63) is 107 Å². The second-order valence-electron chi connectivity index (χ2n) is 6.39. The van der Waals surface area contributed by atoms with E-state index in [-0.39, 0.29) is 0 Å². The lowest BCUT2D eigenvalue weighted by Gasteiger charge is -2.26. The predicted octanol–water partition coefficient (Wildman–Crippen LogP) is 5.91. The largest absolute Gasteiger partial charge is 0.0648 e. The second kappa shape index (κ2) is 6.04. The molecule has 0 aromatic heterocycles. The van der Waals surface area contributed by atoms with Crippen molar-refractivity contribution >= 4 is 0 Å². The fourth-order valence-corrected chi connectivity index (χ4v) is 4.30. The van der Waals surface area contributed by atoms with Crippen LogP contribution in [0, 0.1) is 6.07 Å². The molecule has 3 unspecified atom stereocenters. The molecule has 0 bridgehead atoms. The van der Waals surface area contributed by atoms with Gasteiger partial charge in [-0.1, -0.05) is 85.8 Å². The topological polar surface area (TPSA) is 0 Å². The Balaban J connectivity index is 1.91. The minimum atomic E-state index is 0.427. The first kappa shape index (κ1) is 14.3. The summed E-state index contributed by atoms with van der Waals surface area (Å²) in [6.07, 6.45) is 1.17. The van der Waals surface area contributed by atoms with E-state index in [1.54, 1.807) is 0 Å². The van der Waals surface area contributed by atoms with Crippen molar-refractivity contribution < 1.29 is 0 Å². The second-order valence-corrected chi connectivity index (χ2v) is 6.39. The third-order valence-electron chi connectivity index (χ3n) is 5.24. The van der Waals surface area contributed by atoms with Crippen molar-refractivity contribution in [2.75, 3.05) is 0 Å². The zero-order chi connectivity index (χ0) is 15.6. The average molecular weight is 297 g/mol. The van der Waals surface area contributed by atoms with Crippen LogP contribution < -0.4 is 0 Å². The quantitative estimate of drug-likeness (QED) is 0.564. The molecule has 3 aromatic carbocycles. The third-order valence-corrected chi connectivity index (χ3v) is 5.24. The molecule has 1 radical (unpaired) electrons. The van der Waals surface area contributed by atoms with Crippen molar-refractivity contribution in [2.45, 2.75) is 31.1 Å². The summed E-state index contributed by atoms with van der Waals surface area (Å²) in [5, 5.41) is 0. The number of rotatable bonds is 3. The molecule has 0 heterocycles. The minimum Gasteiger partial charge on any atom is -0.0648 e. The summed E-state index contributed by atoms with van der Waals surface area (Å²) in [6.45, 7) is 2.31. The van der Waals surface area contributed by atoms with E-state index < -0.39 is 0 Å². The SMILES string of the molecule is CCC1c2cc[c]cc2C(c2ccccc2)C1c1ccccc1. The Kier molecular flexibility index (Phi) is 3.75. The van der Waals surface area contributed by atoms with Gasteiger partial charge < -0.3 is 0 Å². The van der Waals surface area contributed by atoms with E-state index in [9.17, 15) is 0 Å². The van der Waals surface area contributed by atoms with Crippen LogP contribution in [0.4, 0.5) is 0 Å². The average Bonchev–Trinajstić information content (AvgIpc) is 2.97. The van der Waals surface area contributed by atoms with Crippen LogP contribution in [0.3, 0.4) is 0 Å². The van der Waals surface area contributed by atoms with Crippen molar-refractivity contribution in [2.24, 2.45) is 0 Å². The van der Waals surface area contributed by atoms with Gasteiger partial charge in [0, 0.05) is 11.8 Å². The van der Waals surface area contributed by atoms with Gasteiger partial charge >= 0.3 is 0 Å². The summed E-state index contributed by atoms with van der Waals surface area (Å²) in [7, 11) is 0. The van der Waals surface area contributed by atoms with E-state index >= 15 is 0 Å². The van der Waals surface area contributed by atoms with E-state index in [0.29, 0.717) is 17.8 Å². The Hall–Kier alpha value is -2.34. The highest BCUT2D eigenvalue weighted by Crippen LogP contribution is 2.55. The molecule has 0 saturated heterocycles. The molecule has 1 aliphatic rings. The normalized spacial score (nSPS) is 22.7. The zero-order valence-electron chi connectivity index (χ0n) is 13.4. The number of hydrogen-bond acceptors (Lipinski definition) is 0. The van der Waals surface area contributed by atoms with Crippen LogP contribution in [0.25, 0.3) is 0 Å². The maximum Gasteiger partial charge on any atom is 0.0167 e. The van der Waals surface area contributed by atoms with E-state index in [0.717, 1.165) is 0 Å². The summed E-state index contributed by atoms with van der Waals surface area (Å²) < 4.78 is 0. The summed E-state index contributed by atoms with van der Waals surface area (Å²) in [5.74, 6) is 1.51. The van der Waals surface area contributed by atoms with Gasteiger partial charge in [0.2, 0.25) is 0 Å². The molecule has 1 aliphatic carbocycles. The van der Waals surface area contributed by atoms with Gasteiger partial charge in [-0.25, -0.2) is 0 Å². The van der Waals surface area contributed by atoms with Gasteiger partial charge in [-0.15, -0.1) is 0 Å². The van der Waals surface area contributed by atoms with Gasteiger partial charge in [0.25, 0.3) is 0 Å². The molecule has 0 amide bonds. The third kappa shape index (κ3) is 2.39. The summed E-state index contributed by atoms with van der Waals surface area (Å²) in [5.41, 5.74) is 5.83.